The molecule has 0 bridgehead atoms. The first-order chi connectivity index (χ1) is 9.82. The van der Waals surface area contributed by atoms with Crippen molar-refractivity contribution in [3.63, 3.8) is 0 Å². The Morgan fingerprint density at radius 1 is 1.23 bits per heavy atom. The van der Waals surface area contributed by atoms with Crippen LogP contribution in [0.1, 0.15) is 61.4 Å². The van der Waals surface area contributed by atoms with E-state index in [-0.39, 0.29) is 24.4 Å². The van der Waals surface area contributed by atoms with Crippen LogP contribution in [0, 0.1) is 19.8 Å². The molecule has 1 amide bonds. The summed E-state index contributed by atoms with van der Waals surface area (Å²) in [5.74, 6) is 0.732. The summed E-state index contributed by atoms with van der Waals surface area (Å²) in [5.41, 5.74) is 9.08. The van der Waals surface area contributed by atoms with Gasteiger partial charge in [-0.05, 0) is 59.4 Å². The number of nitrogens with zero attached hydrogens (tertiary/aromatic N) is 2. The zero-order valence-electron chi connectivity index (χ0n) is 14.4. The van der Waals surface area contributed by atoms with Crippen molar-refractivity contribution in [2.45, 2.75) is 59.5 Å². The van der Waals surface area contributed by atoms with Gasteiger partial charge in [-0.25, -0.2) is 0 Å². The van der Waals surface area contributed by atoms with E-state index in [1.54, 1.807) is 0 Å². The quantitative estimate of drug-likeness (QED) is 0.926. The molecule has 1 aliphatic rings. The van der Waals surface area contributed by atoms with Crippen LogP contribution in [0.25, 0.3) is 0 Å². The average molecular weight is 328 g/mol. The van der Waals surface area contributed by atoms with Gasteiger partial charge in [0.1, 0.15) is 0 Å². The Balaban J connectivity index is 0.00000242. The molecule has 0 aromatic carbocycles. The van der Waals surface area contributed by atoms with Gasteiger partial charge in [-0.2, -0.15) is 0 Å². The molecular formula is C17H30ClN3O. The minimum atomic E-state index is 0. The molecule has 2 heterocycles. The third-order valence-corrected chi connectivity index (χ3v) is 4.80. The number of hydrogen-bond donors (Lipinski definition) is 1. The Labute approximate surface area is 140 Å². The summed E-state index contributed by atoms with van der Waals surface area (Å²) in [5, 5.41) is 0. The highest BCUT2D eigenvalue weighted by Crippen LogP contribution is 2.25. The Hall–Kier alpha value is -1.000. The van der Waals surface area contributed by atoms with Crippen molar-refractivity contribution in [2.75, 3.05) is 13.1 Å². The van der Waals surface area contributed by atoms with E-state index in [1.165, 1.54) is 0 Å². The fraction of sp³-hybridized carbons (Fsp3) is 0.706. The Morgan fingerprint density at radius 3 is 2.18 bits per heavy atom. The van der Waals surface area contributed by atoms with Gasteiger partial charge in [-0.3, -0.25) is 4.79 Å². The summed E-state index contributed by atoms with van der Waals surface area (Å²) in [6.45, 7) is 12.2. The first-order valence-electron chi connectivity index (χ1n) is 8.06. The van der Waals surface area contributed by atoms with Crippen LogP contribution in [-0.2, 0) is 0 Å². The predicted octanol–water partition coefficient (Wildman–Crippen LogP) is 3.31. The molecule has 0 spiro atoms. The lowest BCUT2D eigenvalue weighted by Gasteiger charge is -2.33. The second kappa shape index (κ2) is 7.51. The Morgan fingerprint density at radius 2 is 1.77 bits per heavy atom. The van der Waals surface area contributed by atoms with E-state index in [4.69, 9.17) is 5.73 Å². The van der Waals surface area contributed by atoms with Crippen LogP contribution in [0.4, 0.5) is 0 Å². The molecular weight excluding hydrogens is 298 g/mol. The van der Waals surface area contributed by atoms with Gasteiger partial charge in [0.15, 0.2) is 0 Å². The molecule has 0 aliphatic carbocycles. The normalized spacial score (nSPS) is 17.5. The van der Waals surface area contributed by atoms with Crippen molar-refractivity contribution in [1.82, 2.24) is 9.47 Å². The number of carbonyl (C=O) groups excluding carboxylic acids is 1. The summed E-state index contributed by atoms with van der Waals surface area (Å²) in [7, 11) is 0. The van der Waals surface area contributed by atoms with Gasteiger partial charge in [0.2, 0.25) is 0 Å². The van der Waals surface area contributed by atoms with Gasteiger partial charge in [0, 0.05) is 36.6 Å². The molecule has 4 nitrogen and oxygen atoms in total. The van der Waals surface area contributed by atoms with Gasteiger partial charge in [0.25, 0.3) is 5.91 Å². The smallest absolute Gasteiger partial charge is 0.255 e. The van der Waals surface area contributed by atoms with Crippen molar-refractivity contribution in [2.24, 2.45) is 11.7 Å². The SMILES string of the molecule is Cc1cc(C(=O)N2CCC(C(C)N)CC2)c(C)n1C(C)C.Cl. The van der Waals surface area contributed by atoms with E-state index in [0.717, 1.165) is 42.9 Å². The Kier molecular flexibility index (Phi) is 6.50. The molecule has 1 aromatic heterocycles. The van der Waals surface area contributed by atoms with Crippen molar-refractivity contribution in [3.8, 4) is 0 Å². The molecule has 1 aromatic rings. The fourth-order valence-corrected chi connectivity index (χ4v) is 3.59. The maximum absolute atomic E-state index is 12.8. The molecule has 1 atom stereocenters. The molecule has 1 aliphatic heterocycles. The van der Waals surface area contributed by atoms with Gasteiger partial charge >= 0.3 is 0 Å². The lowest BCUT2D eigenvalue weighted by molar-refractivity contribution is 0.0680. The molecule has 126 valence electrons. The van der Waals surface area contributed by atoms with Crippen molar-refractivity contribution in [3.05, 3.63) is 23.0 Å². The first kappa shape index (κ1) is 19.0. The summed E-state index contributed by atoms with van der Waals surface area (Å²) >= 11 is 0. The first-order valence-corrected chi connectivity index (χ1v) is 8.06. The lowest BCUT2D eigenvalue weighted by Crippen LogP contribution is -2.42. The van der Waals surface area contributed by atoms with Crippen LogP contribution >= 0.6 is 12.4 Å². The van der Waals surface area contributed by atoms with Crippen molar-refractivity contribution >= 4 is 18.3 Å². The number of aromatic nitrogens is 1. The minimum Gasteiger partial charge on any atom is -0.346 e. The summed E-state index contributed by atoms with van der Waals surface area (Å²) in [4.78, 5) is 14.8. The second-order valence-electron chi connectivity index (χ2n) is 6.74. The molecule has 22 heavy (non-hydrogen) atoms. The number of likely N-dealkylation sites (tertiary alicyclic amines) is 1. The number of nitrogens with two attached hydrogens (primary N) is 1. The number of piperidine rings is 1. The summed E-state index contributed by atoms with van der Waals surface area (Å²) in [6.07, 6.45) is 2.04. The maximum Gasteiger partial charge on any atom is 0.255 e. The van der Waals surface area contributed by atoms with E-state index >= 15 is 0 Å². The number of rotatable bonds is 3. The van der Waals surface area contributed by atoms with Crippen LogP contribution in [-0.4, -0.2) is 34.5 Å². The standard InChI is InChI=1S/C17H29N3O.ClH/c1-11(2)20-12(3)10-16(14(20)5)17(21)19-8-6-15(7-9-19)13(4)18;/h10-11,13,15H,6-9,18H2,1-5H3;1H. The molecule has 0 radical (unpaired) electrons. The molecule has 1 fully saturated rings. The van der Waals surface area contributed by atoms with E-state index in [1.807, 2.05) is 11.0 Å². The van der Waals surface area contributed by atoms with Gasteiger partial charge < -0.3 is 15.2 Å². The van der Waals surface area contributed by atoms with E-state index < -0.39 is 0 Å². The van der Waals surface area contributed by atoms with Crippen LogP contribution < -0.4 is 5.73 Å². The number of carbonyl (C=O) groups is 1. The van der Waals surface area contributed by atoms with Crippen molar-refractivity contribution < 1.29 is 4.79 Å². The number of amides is 1. The van der Waals surface area contributed by atoms with Crippen LogP contribution in [0.15, 0.2) is 6.07 Å². The zero-order valence-corrected chi connectivity index (χ0v) is 15.2. The number of hydrogen-bond acceptors (Lipinski definition) is 2. The van der Waals surface area contributed by atoms with Gasteiger partial charge in [0.05, 0.1) is 5.56 Å². The van der Waals surface area contributed by atoms with Gasteiger partial charge in [-0.15, -0.1) is 12.4 Å². The van der Waals surface area contributed by atoms with Crippen molar-refractivity contribution in [1.29, 1.82) is 0 Å². The third kappa shape index (κ3) is 3.66. The van der Waals surface area contributed by atoms with Crippen LogP contribution in [0.3, 0.4) is 0 Å². The monoisotopic (exact) mass is 327 g/mol. The van der Waals surface area contributed by atoms with Crippen LogP contribution in [0.5, 0.6) is 0 Å². The molecule has 0 saturated carbocycles. The van der Waals surface area contributed by atoms with E-state index in [9.17, 15) is 4.79 Å². The summed E-state index contributed by atoms with van der Waals surface area (Å²) in [6, 6.07) is 2.65. The maximum atomic E-state index is 12.8. The number of aryl methyl sites for hydroxylation is 1. The minimum absolute atomic E-state index is 0. The fourth-order valence-electron chi connectivity index (χ4n) is 3.59. The molecule has 2 rings (SSSR count). The van der Waals surface area contributed by atoms with Crippen LogP contribution in [0.2, 0.25) is 0 Å². The van der Waals surface area contributed by atoms with E-state index in [2.05, 4.69) is 39.2 Å². The van der Waals surface area contributed by atoms with Gasteiger partial charge in [-0.1, -0.05) is 0 Å². The molecule has 2 N–H and O–H groups in total. The highest BCUT2D eigenvalue weighted by atomic mass is 35.5. The lowest BCUT2D eigenvalue weighted by atomic mass is 9.90. The second-order valence-corrected chi connectivity index (χ2v) is 6.74. The highest BCUT2D eigenvalue weighted by Gasteiger charge is 2.27. The third-order valence-electron chi connectivity index (χ3n) is 4.80. The zero-order chi connectivity index (χ0) is 15.7. The average Bonchev–Trinajstić information content (AvgIpc) is 2.73. The topological polar surface area (TPSA) is 51.3 Å². The summed E-state index contributed by atoms with van der Waals surface area (Å²) < 4.78 is 2.24. The molecule has 1 unspecified atom stereocenters. The Bertz CT molecular complexity index is 514. The van der Waals surface area contributed by atoms with E-state index in [0.29, 0.717) is 12.0 Å². The highest BCUT2D eigenvalue weighted by molar-refractivity contribution is 5.95. The molecule has 1 saturated heterocycles. The largest absolute Gasteiger partial charge is 0.346 e. The number of halogens is 1. The molecule has 5 heteroatoms. The predicted molar refractivity (Wildman–Crippen MR) is 93.8 cm³/mol.